The Morgan fingerprint density at radius 1 is 0.972 bits per heavy atom. The van der Waals surface area contributed by atoms with E-state index >= 15 is 4.39 Å². The van der Waals surface area contributed by atoms with E-state index in [1.54, 1.807) is 25.3 Å². The van der Waals surface area contributed by atoms with Crippen LogP contribution in [0.25, 0.3) is 22.2 Å². The molecule has 36 heavy (non-hydrogen) atoms. The van der Waals surface area contributed by atoms with Gasteiger partial charge in [-0.3, -0.25) is 4.98 Å². The molecular formula is C26H26F3N7. The molecular weight excluding hydrogens is 467 g/mol. The van der Waals surface area contributed by atoms with Crippen molar-refractivity contribution in [2.24, 2.45) is 0 Å². The fourth-order valence-electron chi connectivity index (χ4n) is 4.36. The Morgan fingerprint density at radius 2 is 1.75 bits per heavy atom. The molecule has 0 aliphatic carbocycles. The van der Waals surface area contributed by atoms with Gasteiger partial charge in [-0.1, -0.05) is 0 Å². The molecule has 1 saturated heterocycles. The van der Waals surface area contributed by atoms with Crippen LogP contribution >= 0.6 is 0 Å². The van der Waals surface area contributed by atoms with Gasteiger partial charge in [0.1, 0.15) is 28.5 Å². The fourth-order valence-corrected chi connectivity index (χ4v) is 4.36. The number of nitrogens with zero attached hydrogens (tertiary/aromatic N) is 5. The highest BCUT2D eigenvalue weighted by molar-refractivity contribution is 5.88. The third kappa shape index (κ3) is 4.81. The first-order valence-electron chi connectivity index (χ1n) is 11.7. The third-order valence-corrected chi connectivity index (χ3v) is 6.12. The summed E-state index contributed by atoms with van der Waals surface area (Å²) in [6, 6.07) is 7.98. The Bertz CT molecular complexity index is 1410. The lowest BCUT2D eigenvalue weighted by molar-refractivity contribution is 0.223. The van der Waals surface area contributed by atoms with Crippen LogP contribution in [0.1, 0.15) is 25.1 Å². The maximum absolute atomic E-state index is 15.1. The predicted octanol–water partition coefficient (Wildman–Crippen LogP) is 5.03. The van der Waals surface area contributed by atoms with Crippen molar-refractivity contribution in [2.45, 2.75) is 26.4 Å². The summed E-state index contributed by atoms with van der Waals surface area (Å²) < 4.78 is 44.8. The van der Waals surface area contributed by atoms with E-state index in [0.717, 1.165) is 44.1 Å². The quantitative estimate of drug-likeness (QED) is 0.404. The molecule has 1 aromatic carbocycles. The second-order valence-electron chi connectivity index (χ2n) is 9.29. The zero-order chi connectivity index (χ0) is 25.4. The number of hydrogen-bond acceptors (Lipinski definition) is 7. The van der Waals surface area contributed by atoms with Gasteiger partial charge in [0.05, 0.1) is 18.1 Å². The number of benzene rings is 1. The molecule has 0 spiro atoms. The molecule has 7 nitrogen and oxygen atoms in total. The standard InChI is InChI=1S/C26H26F3N7/c1-15-10-19(26(2,3)29)18-11-16(12-20(27)24(18)33-15)23-21(28)14-32-25(35-23)34-22-5-4-17(13-31-22)36-8-6-30-7-9-36/h4-5,10-14,30H,6-9H2,1-3H3,(H,31,32,34,35). The monoisotopic (exact) mass is 493 g/mol. The topological polar surface area (TPSA) is 78.9 Å². The molecule has 2 N–H and O–H groups in total. The average Bonchev–Trinajstić information content (AvgIpc) is 2.85. The van der Waals surface area contributed by atoms with Crippen LogP contribution in [-0.4, -0.2) is 46.1 Å². The Morgan fingerprint density at radius 3 is 2.44 bits per heavy atom. The SMILES string of the molecule is Cc1cc(C(C)(C)F)c2cc(-c3nc(Nc4ccc(N5CCNCC5)cn4)ncc3F)cc(F)c2n1. The van der Waals surface area contributed by atoms with Gasteiger partial charge in [-0.2, -0.15) is 0 Å². The maximum atomic E-state index is 15.1. The number of anilines is 3. The molecule has 0 radical (unpaired) electrons. The summed E-state index contributed by atoms with van der Waals surface area (Å²) >= 11 is 0. The molecule has 1 aliphatic heterocycles. The number of halogens is 3. The first kappa shape index (κ1) is 23.9. The number of fused-ring (bicyclic) bond motifs is 1. The van der Waals surface area contributed by atoms with Crippen molar-refractivity contribution in [1.82, 2.24) is 25.3 Å². The number of rotatable bonds is 5. The van der Waals surface area contributed by atoms with Gasteiger partial charge in [-0.25, -0.2) is 28.1 Å². The van der Waals surface area contributed by atoms with E-state index in [2.05, 4.69) is 35.5 Å². The normalized spacial score (nSPS) is 14.3. The highest BCUT2D eigenvalue weighted by Gasteiger charge is 2.25. The van der Waals surface area contributed by atoms with E-state index in [0.29, 0.717) is 11.5 Å². The number of piperazine rings is 1. The van der Waals surface area contributed by atoms with E-state index in [1.807, 2.05) is 6.07 Å². The van der Waals surface area contributed by atoms with Gasteiger partial charge < -0.3 is 15.5 Å². The summed E-state index contributed by atoms with van der Waals surface area (Å²) in [7, 11) is 0. The molecule has 186 valence electrons. The van der Waals surface area contributed by atoms with Crippen LogP contribution in [0.4, 0.5) is 30.6 Å². The minimum atomic E-state index is -1.75. The highest BCUT2D eigenvalue weighted by Crippen LogP contribution is 2.35. The average molecular weight is 494 g/mol. The first-order valence-corrected chi connectivity index (χ1v) is 11.7. The van der Waals surface area contributed by atoms with E-state index in [4.69, 9.17) is 0 Å². The molecule has 1 aliphatic rings. The molecule has 3 aromatic heterocycles. The maximum Gasteiger partial charge on any atom is 0.229 e. The van der Waals surface area contributed by atoms with Crippen LogP contribution < -0.4 is 15.5 Å². The summed E-state index contributed by atoms with van der Waals surface area (Å²) in [4.78, 5) is 19.2. The second-order valence-corrected chi connectivity index (χ2v) is 9.29. The Hall–Kier alpha value is -3.79. The molecule has 5 rings (SSSR count). The van der Waals surface area contributed by atoms with Crippen molar-refractivity contribution in [3.05, 3.63) is 65.6 Å². The summed E-state index contributed by atoms with van der Waals surface area (Å²) in [5, 5.41) is 6.54. The summed E-state index contributed by atoms with van der Waals surface area (Å²) in [5.74, 6) is -0.837. The fraction of sp³-hybridized carbons (Fsp3) is 0.308. The molecule has 0 amide bonds. The number of pyridine rings is 2. The van der Waals surface area contributed by atoms with Crippen molar-refractivity contribution in [2.75, 3.05) is 36.4 Å². The van der Waals surface area contributed by atoms with Gasteiger partial charge in [0.2, 0.25) is 5.95 Å². The minimum absolute atomic E-state index is 0.0288. The van der Waals surface area contributed by atoms with E-state index in [1.165, 1.54) is 19.9 Å². The number of alkyl halides is 1. The first-order chi connectivity index (χ1) is 17.2. The van der Waals surface area contributed by atoms with E-state index in [9.17, 15) is 8.78 Å². The zero-order valence-electron chi connectivity index (χ0n) is 20.2. The molecule has 0 atom stereocenters. The predicted molar refractivity (Wildman–Crippen MR) is 134 cm³/mol. The lowest BCUT2D eigenvalue weighted by atomic mass is 9.93. The van der Waals surface area contributed by atoms with Crippen LogP contribution in [0, 0.1) is 18.6 Å². The number of aromatic nitrogens is 4. The molecule has 0 bridgehead atoms. The van der Waals surface area contributed by atoms with Gasteiger partial charge in [0.25, 0.3) is 0 Å². The molecule has 0 saturated carbocycles. The van der Waals surface area contributed by atoms with Crippen LogP contribution in [0.3, 0.4) is 0 Å². The van der Waals surface area contributed by atoms with Crippen LogP contribution in [0.5, 0.6) is 0 Å². The summed E-state index contributed by atoms with van der Waals surface area (Å²) in [6.07, 6.45) is 2.77. The van der Waals surface area contributed by atoms with Crippen LogP contribution in [0.15, 0.2) is 42.7 Å². The van der Waals surface area contributed by atoms with Crippen molar-refractivity contribution in [1.29, 1.82) is 0 Å². The lowest BCUT2D eigenvalue weighted by Gasteiger charge is -2.29. The summed E-state index contributed by atoms with van der Waals surface area (Å²) in [5.41, 5.74) is 0.0783. The number of aryl methyl sites for hydroxylation is 1. The van der Waals surface area contributed by atoms with Gasteiger partial charge in [-0.15, -0.1) is 0 Å². The van der Waals surface area contributed by atoms with Crippen molar-refractivity contribution >= 4 is 28.4 Å². The van der Waals surface area contributed by atoms with Crippen molar-refractivity contribution in [3.63, 3.8) is 0 Å². The van der Waals surface area contributed by atoms with E-state index < -0.39 is 17.3 Å². The smallest absolute Gasteiger partial charge is 0.229 e. The van der Waals surface area contributed by atoms with Gasteiger partial charge in [0, 0.05) is 42.8 Å². The number of hydrogen-bond donors (Lipinski definition) is 2. The molecule has 4 heterocycles. The second kappa shape index (κ2) is 9.34. The molecule has 1 fully saturated rings. The summed E-state index contributed by atoms with van der Waals surface area (Å²) in [6.45, 7) is 8.09. The van der Waals surface area contributed by atoms with E-state index in [-0.39, 0.29) is 33.7 Å². The van der Waals surface area contributed by atoms with Gasteiger partial charge >= 0.3 is 0 Å². The van der Waals surface area contributed by atoms with Gasteiger partial charge in [0.15, 0.2) is 5.82 Å². The largest absolute Gasteiger partial charge is 0.368 e. The van der Waals surface area contributed by atoms with Crippen molar-refractivity contribution < 1.29 is 13.2 Å². The van der Waals surface area contributed by atoms with Crippen molar-refractivity contribution in [3.8, 4) is 11.3 Å². The van der Waals surface area contributed by atoms with Crippen LogP contribution in [0.2, 0.25) is 0 Å². The Kier molecular flexibility index (Phi) is 6.21. The number of nitrogens with one attached hydrogen (secondary N) is 2. The molecule has 0 unspecified atom stereocenters. The minimum Gasteiger partial charge on any atom is -0.368 e. The van der Waals surface area contributed by atoms with Gasteiger partial charge in [-0.05, 0) is 56.7 Å². The van der Waals surface area contributed by atoms with Crippen LogP contribution in [-0.2, 0) is 5.67 Å². The Labute approximate surface area is 206 Å². The highest BCUT2D eigenvalue weighted by atomic mass is 19.1. The molecule has 4 aromatic rings. The lowest BCUT2D eigenvalue weighted by Crippen LogP contribution is -2.43. The molecule has 10 heteroatoms. The Balaban J connectivity index is 1.48. The third-order valence-electron chi connectivity index (χ3n) is 6.12. The zero-order valence-corrected chi connectivity index (χ0v) is 20.2.